The molecule has 2 amide bonds. The average molecular weight is 435 g/mol. The fourth-order valence-electron chi connectivity index (χ4n) is 3.00. The molecule has 2 aromatic carbocycles. The van der Waals surface area contributed by atoms with E-state index in [9.17, 15) is 9.59 Å². The predicted octanol–water partition coefficient (Wildman–Crippen LogP) is 4.45. The topological polar surface area (TPSA) is 97.1 Å². The molecule has 0 saturated carbocycles. The van der Waals surface area contributed by atoms with Crippen molar-refractivity contribution in [1.82, 2.24) is 15.3 Å². The van der Waals surface area contributed by atoms with Crippen molar-refractivity contribution in [1.29, 1.82) is 0 Å². The van der Waals surface area contributed by atoms with Crippen molar-refractivity contribution in [3.8, 4) is 10.8 Å². The number of hydrogen-bond donors (Lipinski definition) is 2. The number of benzene rings is 2. The van der Waals surface area contributed by atoms with Crippen LogP contribution in [-0.2, 0) is 6.54 Å². The maximum absolute atomic E-state index is 12.7. The predicted molar refractivity (Wildman–Crippen MR) is 114 cm³/mol. The standard InChI is InChI=1S/C21H14N4O3S2/c26-19(23-8-13-9-24-21(29-13)16-10-22-11-28-16)12-5-6-18-15(7-12)25-20(27)14-3-1-2-4-17(14)30-18/h1-7,9-11H,8H2,(H,23,26)(H,25,27). The normalized spacial score (nSPS) is 12.5. The number of nitrogens with zero attached hydrogens (tertiary/aromatic N) is 2. The van der Waals surface area contributed by atoms with Gasteiger partial charge in [0.25, 0.3) is 11.8 Å². The Kier molecular flexibility index (Phi) is 4.82. The van der Waals surface area contributed by atoms with Gasteiger partial charge in [0.2, 0.25) is 0 Å². The van der Waals surface area contributed by atoms with Gasteiger partial charge in [-0.3, -0.25) is 9.59 Å². The molecule has 7 nitrogen and oxygen atoms in total. The highest BCUT2D eigenvalue weighted by Gasteiger charge is 2.20. The van der Waals surface area contributed by atoms with Crippen molar-refractivity contribution in [2.24, 2.45) is 0 Å². The highest BCUT2D eigenvalue weighted by Crippen LogP contribution is 2.39. The summed E-state index contributed by atoms with van der Waals surface area (Å²) < 4.78 is 5.24. The van der Waals surface area contributed by atoms with Crippen LogP contribution >= 0.6 is 23.1 Å². The number of amides is 2. The number of carbonyl (C=O) groups is 2. The molecular weight excluding hydrogens is 420 g/mol. The van der Waals surface area contributed by atoms with E-state index in [0.717, 1.165) is 14.7 Å². The molecule has 0 aliphatic carbocycles. The van der Waals surface area contributed by atoms with Crippen molar-refractivity contribution in [2.45, 2.75) is 16.3 Å². The molecule has 0 radical (unpaired) electrons. The molecule has 1 aliphatic heterocycles. The molecule has 0 bridgehead atoms. The lowest BCUT2D eigenvalue weighted by atomic mass is 10.1. The first-order valence-corrected chi connectivity index (χ1v) is 10.6. The van der Waals surface area contributed by atoms with Gasteiger partial charge >= 0.3 is 0 Å². The fourth-order valence-corrected chi connectivity index (χ4v) is 4.82. The van der Waals surface area contributed by atoms with Crippen LogP contribution in [0, 0.1) is 0 Å². The number of fused-ring (bicyclic) bond motifs is 2. The second-order valence-electron chi connectivity index (χ2n) is 6.44. The fraction of sp³-hybridized carbons (Fsp3) is 0.0476. The molecule has 0 fully saturated rings. The van der Waals surface area contributed by atoms with Gasteiger partial charge in [0.05, 0.1) is 24.0 Å². The van der Waals surface area contributed by atoms with Gasteiger partial charge in [-0.05, 0) is 30.3 Å². The zero-order valence-electron chi connectivity index (χ0n) is 15.4. The summed E-state index contributed by atoms with van der Waals surface area (Å²) in [5.74, 6) is 0.185. The molecule has 148 valence electrons. The van der Waals surface area contributed by atoms with Crippen molar-refractivity contribution in [3.05, 3.63) is 77.3 Å². The van der Waals surface area contributed by atoms with E-state index in [4.69, 9.17) is 4.42 Å². The lowest BCUT2D eigenvalue weighted by molar-refractivity contribution is 0.0949. The molecule has 4 aromatic rings. The number of hydrogen-bond acceptors (Lipinski definition) is 7. The maximum Gasteiger partial charge on any atom is 0.256 e. The third-order valence-electron chi connectivity index (χ3n) is 4.46. The summed E-state index contributed by atoms with van der Waals surface area (Å²) in [6.07, 6.45) is 4.65. The van der Waals surface area contributed by atoms with E-state index in [1.54, 1.807) is 30.6 Å². The van der Waals surface area contributed by atoms with Crippen molar-refractivity contribution < 1.29 is 14.0 Å². The number of rotatable bonds is 4. The van der Waals surface area contributed by atoms with E-state index < -0.39 is 0 Å². The van der Waals surface area contributed by atoms with Crippen molar-refractivity contribution in [3.63, 3.8) is 0 Å². The Labute approximate surface area is 179 Å². The first-order valence-electron chi connectivity index (χ1n) is 9.01. The van der Waals surface area contributed by atoms with E-state index in [0.29, 0.717) is 34.1 Å². The number of carbonyl (C=O) groups excluding carboxylic acids is 2. The smallest absolute Gasteiger partial charge is 0.256 e. The van der Waals surface area contributed by atoms with Crippen LogP contribution < -0.4 is 10.6 Å². The Morgan fingerprint density at radius 1 is 1.13 bits per heavy atom. The Balaban J connectivity index is 1.30. The largest absolute Gasteiger partial charge is 0.441 e. The van der Waals surface area contributed by atoms with E-state index in [1.165, 1.54) is 29.5 Å². The Morgan fingerprint density at radius 3 is 2.90 bits per heavy atom. The Morgan fingerprint density at radius 2 is 2.03 bits per heavy atom. The van der Waals surface area contributed by atoms with Gasteiger partial charge in [0, 0.05) is 26.4 Å². The minimum atomic E-state index is -0.228. The third-order valence-corrected chi connectivity index (χ3v) is 6.63. The number of oxazole rings is 1. The van der Waals surface area contributed by atoms with Crippen molar-refractivity contribution in [2.75, 3.05) is 5.32 Å². The van der Waals surface area contributed by atoms with Gasteiger partial charge in [-0.25, -0.2) is 9.97 Å². The highest BCUT2D eigenvalue weighted by molar-refractivity contribution is 7.99. The van der Waals surface area contributed by atoms with Crippen LogP contribution in [0.5, 0.6) is 0 Å². The molecule has 0 atom stereocenters. The minimum Gasteiger partial charge on any atom is -0.441 e. The van der Waals surface area contributed by atoms with Gasteiger partial charge in [-0.1, -0.05) is 23.9 Å². The van der Waals surface area contributed by atoms with Gasteiger partial charge in [0.15, 0.2) is 17.2 Å². The molecule has 5 rings (SSSR count). The van der Waals surface area contributed by atoms with Crippen molar-refractivity contribution >= 4 is 40.6 Å². The Bertz CT molecular complexity index is 1250. The van der Waals surface area contributed by atoms with E-state index >= 15 is 0 Å². The minimum absolute atomic E-state index is 0.181. The van der Waals surface area contributed by atoms with E-state index in [1.807, 2.05) is 24.3 Å². The second-order valence-corrected chi connectivity index (χ2v) is 8.64. The van der Waals surface area contributed by atoms with Gasteiger partial charge in [-0.15, -0.1) is 11.3 Å². The van der Waals surface area contributed by atoms with Crippen LogP contribution in [0.3, 0.4) is 0 Å². The third kappa shape index (κ3) is 3.60. The quantitative estimate of drug-likeness (QED) is 0.493. The average Bonchev–Trinajstić information content (AvgIpc) is 3.43. The van der Waals surface area contributed by atoms with E-state index in [2.05, 4.69) is 20.6 Å². The number of thiazole rings is 1. The molecule has 2 N–H and O–H groups in total. The molecule has 0 spiro atoms. The van der Waals surface area contributed by atoms with Crippen LogP contribution in [0.25, 0.3) is 10.8 Å². The second kappa shape index (κ2) is 7.77. The first kappa shape index (κ1) is 18.6. The maximum atomic E-state index is 12.7. The lowest BCUT2D eigenvalue weighted by Crippen LogP contribution is -2.22. The summed E-state index contributed by atoms with van der Waals surface area (Å²) in [5, 5.41) is 6.50. The summed E-state index contributed by atoms with van der Waals surface area (Å²) in [4.78, 5) is 36.0. The molecule has 3 heterocycles. The van der Waals surface area contributed by atoms with Gasteiger partial charge in [0.1, 0.15) is 0 Å². The van der Waals surface area contributed by atoms with Crippen LogP contribution in [0.1, 0.15) is 25.6 Å². The molecule has 1 aliphatic rings. The lowest BCUT2D eigenvalue weighted by Gasteiger charge is -2.09. The highest BCUT2D eigenvalue weighted by atomic mass is 32.2. The zero-order chi connectivity index (χ0) is 20.5. The first-order chi connectivity index (χ1) is 14.7. The summed E-state index contributed by atoms with van der Waals surface area (Å²) in [5.41, 5.74) is 1.72. The molecule has 30 heavy (non-hydrogen) atoms. The molecule has 0 unspecified atom stereocenters. The van der Waals surface area contributed by atoms with Gasteiger partial charge in [-0.2, -0.15) is 0 Å². The monoisotopic (exact) mass is 434 g/mol. The summed E-state index contributed by atoms with van der Waals surface area (Å²) in [7, 11) is 0. The molecule has 0 saturated heterocycles. The zero-order valence-corrected chi connectivity index (χ0v) is 17.0. The SMILES string of the molecule is O=C(NCc1cnc(-c2cnco2)s1)c1ccc2c(c1)NC(=O)c1ccccc1S2. The Hall–Kier alpha value is -3.43. The molecule has 2 aromatic heterocycles. The van der Waals surface area contributed by atoms with Crippen LogP contribution in [0.4, 0.5) is 5.69 Å². The molecule has 9 heteroatoms. The van der Waals surface area contributed by atoms with Crippen LogP contribution in [-0.4, -0.2) is 21.8 Å². The number of nitrogens with one attached hydrogen (secondary N) is 2. The van der Waals surface area contributed by atoms with E-state index in [-0.39, 0.29) is 11.8 Å². The summed E-state index contributed by atoms with van der Waals surface area (Å²) in [6, 6.07) is 12.8. The van der Waals surface area contributed by atoms with Crippen LogP contribution in [0.2, 0.25) is 0 Å². The van der Waals surface area contributed by atoms with Gasteiger partial charge < -0.3 is 15.1 Å². The summed E-state index contributed by atoms with van der Waals surface area (Å²) >= 11 is 2.93. The molecular formula is C21H14N4O3S2. The van der Waals surface area contributed by atoms with Crippen LogP contribution in [0.15, 0.2) is 75.5 Å². The number of aromatic nitrogens is 2. The number of anilines is 1. The summed E-state index contributed by atoms with van der Waals surface area (Å²) in [6.45, 7) is 0.342.